The van der Waals surface area contributed by atoms with Gasteiger partial charge in [-0.15, -0.1) is 0 Å². The Morgan fingerprint density at radius 3 is 2.54 bits per heavy atom. The lowest BCUT2D eigenvalue weighted by molar-refractivity contribution is -0.137. The second-order valence-corrected chi connectivity index (χ2v) is 11.0. The first-order chi connectivity index (χ1) is 19.9. The Morgan fingerprint density at radius 1 is 1.02 bits per heavy atom. The highest BCUT2D eigenvalue weighted by atomic mass is 16.7. The summed E-state index contributed by atoms with van der Waals surface area (Å²) in [6.45, 7) is 4.29. The lowest BCUT2D eigenvalue weighted by Gasteiger charge is -2.30. The number of aryl methyl sites for hydroxylation is 2. The zero-order chi connectivity index (χ0) is 28.5. The SMILES string of the molecule is Cc1cccc(C)c1Nc1c(-c2ccc3c(c2)OCO3)nc2cc(C(=O)NC(CC(=O)O)C3CCCCC3)ccn12. The summed E-state index contributed by atoms with van der Waals surface area (Å²) in [5.41, 5.74) is 5.75. The Bertz CT molecular complexity index is 1600. The van der Waals surface area contributed by atoms with Gasteiger partial charge in [0.05, 0.1) is 6.42 Å². The minimum Gasteiger partial charge on any atom is -0.481 e. The Labute approximate surface area is 238 Å². The highest BCUT2D eigenvalue weighted by Crippen LogP contribution is 2.39. The summed E-state index contributed by atoms with van der Waals surface area (Å²) >= 11 is 0. The smallest absolute Gasteiger partial charge is 0.305 e. The summed E-state index contributed by atoms with van der Waals surface area (Å²) in [4.78, 5) is 30.0. The maximum absolute atomic E-state index is 13.4. The van der Waals surface area contributed by atoms with Gasteiger partial charge in [0.25, 0.3) is 5.91 Å². The highest BCUT2D eigenvalue weighted by Gasteiger charge is 2.28. The largest absolute Gasteiger partial charge is 0.481 e. The molecule has 1 aliphatic heterocycles. The number of carboxylic acids is 1. The van der Waals surface area contributed by atoms with E-state index in [2.05, 4.69) is 36.6 Å². The van der Waals surface area contributed by atoms with Crippen molar-refractivity contribution in [1.82, 2.24) is 14.7 Å². The Morgan fingerprint density at radius 2 is 1.78 bits per heavy atom. The summed E-state index contributed by atoms with van der Waals surface area (Å²) in [6, 6.07) is 15.0. The number of imidazole rings is 1. The Hall–Kier alpha value is -4.53. The number of ether oxygens (including phenoxy) is 2. The summed E-state index contributed by atoms with van der Waals surface area (Å²) in [6.07, 6.45) is 6.90. The van der Waals surface area contributed by atoms with Crippen LogP contribution in [0.3, 0.4) is 0 Å². The number of benzene rings is 2. The number of pyridine rings is 1. The molecule has 1 amide bonds. The standard InChI is InChI=1S/C32H34N4O5/c1-19-7-6-8-20(2)29(19)35-31-30(22-11-12-25-26(15-22)41-18-40-25)34-27-16-23(13-14-36(27)31)32(39)33-24(17-28(37)38)21-9-4-3-5-10-21/h6-8,11-16,21,24,35H,3-5,9-10,17-18H2,1-2H3,(H,33,39)(H,37,38). The third kappa shape index (κ3) is 5.44. The van der Waals surface area contributed by atoms with Gasteiger partial charge in [-0.05, 0) is 74.1 Å². The molecule has 0 radical (unpaired) electrons. The molecule has 0 spiro atoms. The van der Waals surface area contributed by atoms with Crippen LogP contribution in [0.2, 0.25) is 0 Å². The van der Waals surface area contributed by atoms with Crippen molar-refractivity contribution in [3.05, 3.63) is 71.4 Å². The van der Waals surface area contributed by atoms with Crippen LogP contribution in [0, 0.1) is 19.8 Å². The van der Waals surface area contributed by atoms with Crippen LogP contribution in [0.15, 0.2) is 54.7 Å². The van der Waals surface area contributed by atoms with Crippen LogP contribution in [0.5, 0.6) is 11.5 Å². The van der Waals surface area contributed by atoms with E-state index in [9.17, 15) is 14.7 Å². The first-order valence-electron chi connectivity index (χ1n) is 14.2. The highest BCUT2D eigenvalue weighted by molar-refractivity contribution is 5.96. The van der Waals surface area contributed by atoms with Crippen molar-refractivity contribution in [3.8, 4) is 22.8 Å². The van der Waals surface area contributed by atoms with Crippen LogP contribution >= 0.6 is 0 Å². The number of anilines is 2. The van der Waals surface area contributed by atoms with Gasteiger partial charge in [-0.3, -0.25) is 14.0 Å². The first kappa shape index (κ1) is 26.7. The number of nitrogens with one attached hydrogen (secondary N) is 2. The fourth-order valence-electron chi connectivity index (χ4n) is 5.99. The zero-order valence-corrected chi connectivity index (χ0v) is 23.3. The maximum Gasteiger partial charge on any atom is 0.305 e. The molecule has 6 rings (SSSR count). The van der Waals surface area contributed by atoms with Gasteiger partial charge in [-0.1, -0.05) is 37.5 Å². The van der Waals surface area contributed by atoms with Crippen molar-refractivity contribution in [2.75, 3.05) is 12.1 Å². The van der Waals surface area contributed by atoms with Crippen LogP contribution in [0.1, 0.15) is 60.0 Å². The number of amides is 1. The van der Waals surface area contributed by atoms with Crippen LogP contribution in [-0.2, 0) is 4.79 Å². The molecule has 9 nitrogen and oxygen atoms in total. The second kappa shape index (κ2) is 11.2. The van der Waals surface area contributed by atoms with E-state index < -0.39 is 12.0 Å². The molecule has 1 aliphatic carbocycles. The predicted octanol–water partition coefficient (Wildman–Crippen LogP) is 6.24. The molecule has 2 aromatic carbocycles. The Kier molecular flexibility index (Phi) is 7.26. The van der Waals surface area contributed by atoms with Crippen molar-refractivity contribution < 1.29 is 24.2 Å². The molecular weight excluding hydrogens is 520 g/mol. The molecule has 1 atom stereocenters. The van der Waals surface area contributed by atoms with Crippen molar-refractivity contribution in [3.63, 3.8) is 0 Å². The minimum atomic E-state index is -0.903. The number of fused-ring (bicyclic) bond motifs is 2. The van der Waals surface area contributed by atoms with Gasteiger partial charge in [-0.25, -0.2) is 4.98 Å². The molecule has 3 N–H and O–H groups in total. The van der Waals surface area contributed by atoms with E-state index in [0.717, 1.165) is 60.3 Å². The van der Waals surface area contributed by atoms with E-state index in [-0.39, 0.29) is 25.0 Å². The summed E-state index contributed by atoms with van der Waals surface area (Å²) in [7, 11) is 0. The molecule has 0 bridgehead atoms. The van der Waals surface area contributed by atoms with Gasteiger partial charge < -0.3 is 25.2 Å². The summed E-state index contributed by atoms with van der Waals surface area (Å²) in [5, 5.41) is 16.1. The lowest BCUT2D eigenvalue weighted by Crippen LogP contribution is -2.42. The number of nitrogens with zero attached hydrogens (tertiary/aromatic N) is 2. The summed E-state index contributed by atoms with van der Waals surface area (Å²) in [5.74, 6) is 1.08. The van der Waals surface area contributed by atoms with Crippen molar-refractivity contribution >= 4 is 29.0 Å². The van der Waals surface area contributed by atoms with Crippen LogP contribution in [0.25, 0.3) is 16.9 Å². The van der Waals surface area contributed by atoms with Crippen molar-refractivity contribution in [2.45, 2.75) is 58.4 Å². The lowest BCUT2D eigenvalue weighted by atomic mass is 9.82. The molecule has 4 aromatic rings. The van der Waals surface area contributed by atoms with E-state index in [4.69, 9.17) is 14.5 Å². The number of para-hydroxylation sites is 1. The fraction of sp³-hybridized carbons (Fsp3) is 0.344. The zero-order valence-electron chi connectivity index (χ0n) is 23.3. The van der Waals surface area contributed by atoms with Gasteiger partial charge in [0.1, 0.15) is 17.2 Å². The average molecular weight is 555 g/mol. The molecule has 9 heteroatoms. The maximum atomic E-state index is 13.4. The van der Waals surface area contributed by atoms with E-state index >= 15 is 0 Å². The number of carboxylic acid groups (broad SMARTS) is 1. The molecule has 2 aliphatic rings. The van der Waals surface area contributed by atoms with Crippen molar-refractivity contribution in [2.24, 2.45) is 5.92 Å². The topological polar surface area (TPSA) is 114 Å². The first-order valence-corrected chi connectivity index (χ1v) is 14.2. The van der Waals surface area contributed by atoms with Crippen molar-refractivity contribution in [1.29, 1.82) is 0 Å². The number of carbonyl (C=O) groups is 2. The fourth-order valence-corrected chi connectivity index (χ4v) is 5.99. The van der Waals surface area contributed by atoms with Gasteiger partial charge in [-0.2, -0.15) is 0 Å². The normalized spacial score (nSPS) is 15.6. The van der Waals surface area contributed by atoms with Gasteiger partial charge in [0.15, 0.2) is 11.5 Å². The number of rotatable bonds is 8. The minimum absolute atomic E-state index is 0.0832. The number of hydrogen-bond donors (Lipinski definition) is 3. The third-order valence-corrected chi connectivity index (χ3v) is 8.19. The number of aliphatic carboxylic acids is 1. The average Bonchev–Trinajstić information content (AvgIpc) is 3.58. The molecule has 212 valence electrons. The van der Waals surface area contributed by atoms with Gasteiger partial charge in [0.2, 0.25) is 6.79 Å². The molecular formula is C32H34N4O5. The number of aromatic nitrogens is 2. The molecule has 1 fully saturated rings. The monoisotopic (exact) mass is 554 g/mol. The molecule has 2 aromatic heterocycles. The molecule has 0 saturated heterocycles. The van der Waals surface area contributed by atoms with E-state index in [0.29, 0.717) is 28.4 Å². The van der Waals surface area contributed by atoms with Crippen LogP contribution in [0.4, 0.5) is 11.5 Å². The number of hydrogen-bond acceptors (Lipinski definition) is 6. The third-order valence-electron chi connectivity index (χ3n) is 8.19. The Balaban J connectivity index is 1.38. The van der Waals surface area contributed by atoms with Crippen LogP contribution in [-0.4, -0.2) is 39.2 Å². The summed E-state index contributed by atoms with van der Waals surface area (Å²) < 4.78 is 13.1. The quantitative estimate of drug-likeness (QED) is 0.236. The molecule has 1 unspecified atom stereocenters. The van der Waals surface area contributed by atoms with Crippen LogP contribution < -0.4 is 20.1 Å². The van der Waals surface area contributed by atoms with E-state index in [1.54, 1.807) is 12.1 Å². The second-order valence-electron chi connectivity index (χ2n) is 11.0. The van der Waals surface area contributed by atoms with E-state index in [1.807, 2.05) is 34.9 Å². The van der Waals surface area contributed by atoms with Gasteiger partial charge in [0, 0.05) is 29.1 Å². The van der Waals surface area contributed by atoms with E-state index in [1.165, 1.54) is 0 Å². The number of carbonyl (C=O) groups excluding carboxylic acids is 1. The molecule has 1 saturated carbocycles. The molecule has 41 heavy (non-hydrogen) atoms. The predicted molar refractivity (Wildman–Crippen MR) is 156 cm³/mol. The van der Waals surface area contributed by atoms with Gasteiger partial charge >= 0.3 is 5.97 Å². The molecule has 3 heterocycles.